The van der Waals surface area contributed by atoms with Crippen LogP contribution in [0.3, 0.4) is 0 Å². The van der Waals surface area contributed by atoms with Crippen LogP contribution in [0, 0.1) is 17.4 Å². The zero-order valence-electron chi connectivity index (χ0n) is 17.5. The van der Waals surface area contributed by atoms with E-state index in [1.54, 1.807) is 4.90 Å². The highest BCUT2D eigenvalue weighted by molar-refractivity contribution is 5.90. The van der Waals surface area contributed by atoms with Crippen LogP contribution in [-0.2, 0) is 9.59 Å². The second-order valence-corrected chi connectivity index (χ2v) is 8.69. The van der Waals surface area contributed by atoms with Crippen molar-refractivity contribution in [1.29, 1.82) is 5.26 Å². The molecule has 0 aromatic rings. The van der Waals surface area contributed by atoms with E-state index >= 15 is 0 Å². The Bertz CT molecular complexity index is 652. The van der Waals surface area contributed by atoms with Gasteiger partial charge in [0.15, 0.2) is 6.19 Å². The normalized spacial score (nSPS) is 28.6. The molecule has 3 fully saturated rings. The summed E-state index contributed by atoms with van der Waals surface area (Å²) in [5, 5.41) is 15.1. The van der Waals surface area contributed by atoms with Crippen LogP contribution >= 0.6 is 0 Å². The van der Waals surface area contributed by atoms with E-state index in [2.05, 4.69) is 22.5 Å². The number of hydrogen-bond donors (Lipinski definition) is 2. The molecule has 1 saturated carbocycles. The summed E-state index contributed by atoms with van der Waals surface area (Å²) in [5.41, 5.74) is 0. The number of aliphatic imine (C=N–C) groups is 1. The van der Waals surface area contributed by atoms with Crippen molar-refractivity contribution >= 4 is 17.8 Å². The maximum atomic E-state index is 13.1. The van der Waals surface area contributed by atoms with E-state index in [0.29, 0.717) is 24.8 Å². The number of rotatable bonds is 4. The second kappa shape index (κ2) is 10.5. The number of likely N-dealkylation sites (tertiary alicyclic amines) is 2. The third-order valence-electron chi connectivity index (χ3n) is 6.27. The molecule has 2 saturated heterocycles. The summed E-state index contributed by atoms with van der Waals surface area (Å²) in [6.07, 6.45) is 10.9. The lowest BCUT2D eigenvalue weighted by Crippen LogP contribution is -2.47. The van der Waals surface area contributed by atoms with Crippen molar-refractivity contribution < 1.29 is 9.59 Å². The number of nitrogens with zero attached hydrogens (tertiary/aromatic N) is 4. The first-order chi connectivity index (χ1) is 14.1. The molecule has 0 aromatic heterocycles. The first-order valence-electron chi connectivity index (χ1n) is 11.1. The standard InChI is InChI=1S/C21H34N6O2/c1-16-7-6-8-17(13-16)24-21(23-15-22)25-18-9-2-3-12-27(20(18)29)14-19(28)26-10-4-5-11-26/h16-18H,2-14H2,1H3,(H2,23,24,25)/t16?,17?,18-/m0/s1. The van der Waals surface area contributed by atoms with E-state index in [9.17, 15) is 9.59 Å². The van der Waals surface area contributed by atoms with Crippen LogP contribution in [0.5, 0.6) is 0 Å². The molecule has 8 nitrogen and oxygen atoms in total. The van der Waals surface area contributed by atoms with Gasteiger partial charge in [-0.3, -0.25) is 14.9 Å². The van der Waals surface area contributed by atoms with Gasteiger partial charge < -0.3 is 15.1 Å². The van der Waals surface area contributed by atoms with Gasteiger partial charge in [0, 0.05) is 25.7 Å². The Morgan fingerprint density at radius 3 is 2.62 bits per heavy atom. The minimum absolute atomic E-state index is 0.0326. The van der Waals surface area contributed by atoms with Crippen molar-refractivity contribution in [3.05, 3.63) is 0 Å². The molecule has 2 N–H and O–H groups in total. The zero-order chi connectivity index (χ0) is 20.6. The van der Waals surface area contributed by atoms with E-state index in [1.807, 2.05) is 11.1 Å². The van der Waals surface area contributed by atoms with Crippen LogP contribution in [0.1, 0.15) is 64.7 Å². The van der Waals surface area contributed by atoms with Crippen LogP contribution in [0.4, 0.5) is 0 Å². The van der Waals surface area contributed by atoms with Crippen molar-refractivity contribution in [2.45, 2.75) is 76.8 Å². The van der Waals surface area contributed by atoms with E-state index in [0.717, 1.165) is 58.0 Å². The smallest absolute Gasteiger partial charge is 0.247 e. The van der Waals surface area contributed by atoms with Gasteiger partial charge in [-0.05, 0) is 50.9 Å². The summed E-state index contributed by atoms with van der Waals surface area (Å²) in [4.78, 5) is 33.7. The first kappa shape index (κ1) is 21.4. The van der Waals surface area contributed by atoms with Gasteiger partial charge in [-0.2, -0.15) is 5.26 Å². The Hall–Kier alpha value is -2.30. The molecule has 3 aliphatic rings. The lowest BCUT2D eigenvalue weighted by molar-refractivity contribution is -0.140. The SMILES string of the molecule is CC1CCCC(NC(=N[C@H]2CCCCN(CC(=O)N3CCCC3)C2=O)NC#N)C1. The van der Waals surface area contributed by atoms with Crippen LogP contribution < -0.4 is 10.6 Å². The van der Waals surface area contributed by atoms with E-state index in [4.69, 9.17) is 5.26 Å². The van der Waals surface area contributed by atoms with Crippen LogP contribution in [-0.4, -0.2) is 65.8 Å². The third-order valence-corrected chi connectivity index (χ3v) is 6.27. The number of amides is 2. The fourth-order valence-corrected chi connectivity index (χ4v) is 4.66. The molecule has 8 heteroatoms. The summed E-state index contributed by atoms with van der Waals surface area (Å²) in [7, 11) is 0. The highest BCUT2D eigenvalue weighted by atomic mass is 16.2. The van der Waals surface area contributed by atoms with Gasteiger partial charge in [-0.25, -0.2) is 4.99 Å². The van der Waals surface area contributed by atoms with Crippen molar-refractivity contribution in [2.75, 3.05) is 26.2 Å². The number of nitrogens with one attached hydrogen (secondary N) is 2. The molecule has 29 heavy (non-hydrogen) atoms. The molecule has 0 bridgehead atoms. The van der Waals surface area contributed by atoms with Gasteiger partial charge in [0.1, 0.15) is 6.04 Å². The Balaban J connectivity index is 1.65. The highest BCUT2D eigenvalue weighted by Crippen LogP contribution is 2.23. The number of nitriles is 1. The molecular formula is C21H34N6O2. The third kappa shape index (κ3) is 6.09. The van der Waals surface area contributed by atoms with Gasteiger partial charge in [-0.15, -0.1) is 0 Å². The number of carbonyl (C=O) groups excluding carboxylic acids is 2. The molecule has 2 unspecified atom stereocenters. The topological polar surface area (TPSA) is 101 Å². The molecule has 0 aromatic carbocycles. The molecule has 2 amide bonds. The van der Waals surface area contributed by atoms with Crippen molar-refractivity contribution in [3.63, 3.8) is 0 Å². The maximum absolute atomic E-state index is 13.1. The van der Waals surface area contributed by atoms with E-state index in [1.165, 1.54) is 6.42 Å². The minimum atomic E-state index is -0.548. The Kier molecular flexibility index (Phi) is 7.73. The molecule has 0 radical (unpaired) electrons. The summed E-state index contributed by atoms with van der Waals surface area (Å²) in [5.74, 6) is 0.963. The predicted octanol–water partition coefficient (Wildman–Crippen LogP) is 1.58. The number of guanidine groups is 1. The molecular weight excluding hydrogens is 368 g/mol. The fourth-order valence-electron chi connectivity index (χ4n) is 4.66. The van der Waals surface area contributed by atoms with E-state index in [-0.39, 0.29) is 24.4 Å². The maximum Gasteiger partial charge on any atom is 0.247 e. The molecule has 1 aliphatic carbocycles. The minimum Gasteiger partial charge on any atom is -0.353 e. The molecule has 3 rings (SSSR count). The molecule has 2 aliphatic heterocycles. The lowest BCUT2D eigenvalue weighted by atomic mass is 9.87. The predicted molar refractivity (Wildman–Crippen MR) is 111 cm³/mol. The van der Waals surface area contributed by atoms with E-state index < -0.39 is 6.04 Å². The summed E-state index contributed by atoms with van der Waals surface area (Å²) < 4.78 is 0. The summed E-state index contributed by atoms with van der Waals surface area (Å²) in [6, 6.07) is -0.277. The monoisotopic (exact) mass is 402 g/mol. The van der Waals surface area contributed by atoms with Gasteiger partial charge >= 0.3 is 0 Å². The Morgan fingerprint density at radius 2 is 1.90 bits per heavy atom. The van der Waals surface area contributed by atoms with Crippen molar-refractivity contribution in [2.24, 2.45) is 10.9 Å². The average Bonchev–Trinajstić information content (AvgIpc) is 3.18. The molecule has 2 heterocycles. The Morgan fingerprint density at radius 1 is 1.14 bits per heavy atom. The van der Waals surface area contributed by atoms with Crippen molar-refractivity contribution in [1.82, 2.24) is 20.4 Å². The largest absolute Gasteiger partial charge is 0.353 e. The second-order valence-electron chi connectivity index (χ2n) is 8.69. The Labute approximate surface area is 173 Å². The van der Waals surface area contributed by atoms with Gasteiger partial charge in [0.25, 0.3) is 0 Å². The zero-order valence-corrected chi connectivity index (χ0v) is 17.5. The quantitative estimate of drug-likeness (QED) is 0.322. The summed E-state index contributed by atoms with van der Waals surface area (Å²) >= 11 is 0. The van der Waals surface area contributed by atoms with Gasteiger partial charge in [0.05, 0.1) is 6.54 Å². The van der Waals surface area contributed by atoms with Gasteiger partial charge in [0.2, 0.25) is 17.8 Å². The molecule has 160 valence electrons. The van der Waals surface area contributed by atoms with Gasteiger partial charge in [-0.1, -0.05) is 19.8 Å². The van der Waals surface area contributed by atoms with Crippen molar-refractivity contribution in [3.8, 4) is 6.19 Å². The number of carbonyl (C=O) groups is 2. The van der Waals surface area contributed by atoms with Crippen LogP contribution in [0.25, 0.3) is 0 Å². The lowest BCUT2D eigenvalue weighted by Gasteiger charge is -2.29. The van der Waals surface area contributed by atoms with Crippen LogP contribution in [0.2, 0.25) is 0 Å². The van der Waals surface area contributed by atoms with Crippen LogP contribution in [0.15, 0.2) is 4.99 Å². The fraction of sp³-hybridized carbons (Fsp3) is 0.810. The average molecular weight is 403 g/mol. The summed E-state index contributed by atoms with van der Waals surface area (Å²) in [6.45, 7) is 4.57. The molecule has 0 spiro atoms. The molecule has 3 atom stereocenters. The number of hydrogen-bond acceptors (Lipinski definition) is 4. The highest BCUT2D eigenvalue weighted by Gasteiger charge is 2.30. The first-order valence-corrected chi connectivity index (χ1v) is 11.1.